The number of nitrogens with one attached hydrogen (secondary N) is 1. The molecular formula is C13H21NO. The minimum absolute atomic E-state index is 0.217. The van der Waals surface area contributed by atoms with Crippen LogP contribution in [0.15, 0.2) is 30.3 Å². The molecule has 2 nitrogen and oxygen atoms in total. The monoisotopic (exact) mass is 207 g/mol. The molecule has 0 saturated carbocycles. The molecule has 0 spiro atoms. The lowest BCUT2D eigenvalue weighted by atomic mass is 10.0. The second-order valence-electron chi connectivity index (χ2n) is 3.96. The van der Waals surface area contributed by atoms with Crippen LogP contribution in [0.5, 0.6) is 0 Å². The van der Waals surface area contributed by atoms with Crippen molar-refractivity contribution >= 4 is 0 Å². The number of benzene rings is 1. The van der Waals surface area contributed by atoms with E-state index in [1.165, 1.54) is 5.56 Å². The van der Waals surface area contributed by atoms with E-state index in [1.807, 2.05) is 13.0 Å². The molecule has 15 heavy (non-hydrogen) atoms. The highest BCUT2D eigenvalue weighted by molar-refractivity contribution is 5.18. The molecule has 1 rings (SSSR count). The number of hydrogen-bond acceptors (Lipinski definition) is 2. The Labute approximate surface area is 92.3 Å². The molecular weight excluding hydrogens is 186 g/mol. The summed E-state index contributed by atoms with van der Waals surface area (Å²) in [6.45, 7) is 4.86. The van der Waals surface area contributed by atoms with Gasteiger partial charge in [-0.15, -0.1) is 0 Å². The maximum atomic E-state index is 9.17. The molecule has 0 aliphatic carbocycles. The molecule has 0 amide bonds. The topological polar surface area (TPSA) is 32.3 Å². The van der Waals surface area contributed by atoms with Gasteiger partial charge in [-0.1, -0.05) is 37.3 Å². The molecule has 0 heterocycles. The highest BCUT2D eigenvalue weighted by Gasteiger charge is 2.07. The van der Waals surface area contributed by atoms with Gasteiger partial charge in [0.1, 0.15) is 0 Å². The standard InChI is InChI=1S/C13H21NO/c1-3-13(14-10-9-11(2)15)12-7-5-4-6-8-12/h4-8,11,13-15H,3,9-10H2,1-2H3/t11?,13-/m0/s1. The third kappa shape index (κ3) is 4.45. The summed E-state index contributed by atoms with van der Waals surface area (Å²) in [5.41, 5.74) is 1.32. The highest BCUT2D eigenvalue weighted by atomic mass is 16.3. The summed E-state index contributed by atoms with van der Waals surface area (Å²) in [5, 5.41) is 12.6. The van der Waals surface area contributed by atoms with E-state index in [0.29, 0.717) is 6.04 Å². The number of rotatable bonds is 6. The zero-order valence-electron chi connectivity index (χ0n) is 9.61. The molecule has 0 saturated heterocycles. The van der Waals surface area contributed by atoms with Crippen molar-refractivity contribution in [3.8, 4) is 0 Å². The second-order valence-corrected chi connectivity index (χ2v) is 3.96. The van der Waals surface area contributed by atoms with Crippen LogP contribution in [0, 0.1) is 0 Å². The van der Waals surface area contributed by atoms with Crippen molar-refractivity contribution in [3.63, 3.8) is 0 Å². The predicted molar refractivity (Wildman–Crippen MR) is 63.8 cm³/mol. The van der Waals surface area contributed by atoms with Crippen LogP contribution in [-0.2, 0) is 0 Å². The van der Waals surface area contributed by atoms with E-state index < -0.39 is 0 Å². The Hall–Kier alpha value is -0.860. The van der Waals surface area contributed by atoms with Gasteiger partial charge < -0.3 is 10.4 Å². The summed E-state index contributed by atoms with van der Waals surface area (Å²) in [7, 11) is 0. The van der Waals surface area contributed by atoms with Gasteiger partial charge in [0.05, 0.1) is 6.10 Å². The summed E-state index contributed by atoms with van der Waals surface area (Å²) in [5.74, 6) is 0. The van der Waals surface area contributed by atoms with Crippen molar-refractivity contribution in [2.45, 2.75) is 38.8 Å². The zero-order valence-corrected chi connectivity index (χ0v) is 9.61. The van der Waals surface area contributed by atoms with Crippen LogP contribution in [0.3, 0.4) is 0 Å². The SMILES string of the molecule is CC[C@H](NCCC(C)O)c1ccccc1. The van der Waals surface area contributed by atoms with Gasteiger partial charge in [0.2, 0.25) is 0 Å². The largest absolute Gasteiger partial charge is 0.393 e. The lowest BCUT2D eigenvalue weighted by Crippen LogP contribution is -2.24. The third-order valence-electron chi connectivity index (χ3n) is 2.56. The number of aliphatic hydroxyl groups excluding tert-OH is 1. The van der Waals surface area contributed by atoms with E-state index in [2.05, 4.69) is 36.5 Å². The lowest BCUT2D eigenvalue weighted by molar-refractivity contribution is 0.182. The van der Waals surface area contributed by atoms with E-state index in [0.717, 1.165) is 19.4 Å². The average Bonchev–Trinajstić information content (AvgIpc) is 2.25. The van der Waals surface area contributed by atoms with E-state index in [4.69, 9.17) is 5.11 Å². The van der Waals surface area contributed by atoms with Crippen molar-refractivity contribution in [1.82, 2.24) is 5.32 Å². The first kappa shape index (κ1) is 12.2. The molecule has 1 unspecified atom stereocenters. The van der Waals surface area contributed by atoms with Gasteiger partial charge in [0, 0.05) is 6.04 Å². The fraction of sp³-hybridized carbons (Fsp3) is 0.538. The quantitative estimate of drug-likeness (QED) is 0.751. The smallest absolute Gasteiger partial charge is 0.0524 e. The Morgan fingerprint density at radius 1 is 1.27 bits per heavy atom. The summed E-state index contributed by atoms with van der Waals surface area (Å²) < 4.78 is 0. The van der Waals surface area contributed by atoms with Gasteiger partial charge in [-0.05, 0) is 31.9 Å². The molecule has 84 valence electrons. The first-order valence-electron chi connectivity index (χ1n) is 5.70. The van der Waals surface area contributed by atoms with Crippen LogP contribution < -0.4 is 5.32 Å². The van der Waals surface area contributed by atoms with Crippen LogP contribution in [0.25, 0.3) is 0 Å². The molecule has 0 aromatic heterocycles. The third-order valence-corrected chi connectivity index (χ3v) is 2.56. The molecule has 0 aliphatic heterocycles. The van der Waals surface area contributed by atoms with Gasteiger partial charge in [-0.2, -0.15) is 0 Å². The van der Waals surface area contributed by atoms with Gasteiger partial charge in [0.25, 0.3) is 0 Å². The molecule has 0 aliphatic rings. The highest BCUT2D eigenvalue weighted by Crippen LogP contribution is 2.15. The Morgan fingerprint density at radius 3 is 2.47 bits per heavy atom. The summed E-state index contributed by atoms with van der Waals surface area (Å²) in [4.78, 5) is 0. The van der Waals surface area contributed by atoms with E-state index >= 15 is 0 Å². The summed E-state index contributed by atoms with van der Waals surface area (Å²) in [6.07, 6.45) is 1.67. The number of aliphatic hydroxyl groups is 1. The Bertz CT molecular complexity index is 258. The summed E-state index contributed by atoms with van der Waals surface area (Å²) in [6, 6.07) is 10.9. The zero-order chi connectivity index (χ0) is 11.1. The minimum atomic E-state index is -0.217. The predicted octanol–water partition coefficient (Wildman–Crippen LogP) is 2.50. The molecule has 2 heteroatoms. The maximum Gasteiger partial charge on any atom is 0.0524 e. The van der Waals surface area contributed by atoms with Crippen LogP contribution in [-0.4, -0.2) is 17.8 Å². The van der Waals surface area contributed by atoms with E-state index in [-0.39, 0.29) is 6.10 Å². The van der Waals surface area contributed by atoms with Gasteiger partial charge in [-0.25, -0.2) is 0 Å². The van der Waals surface area contributed by atoms with Crippen LogP contribution >= 0.6 is 0 Å². The first-order valence-corrected chi connectivity index (χ1v) is 5.70. The normalized spacial score (nSPS) is 14.9. The molecule has 0 fully saturated rings. The van der Waals surface area contributed by atoms with Crippen molar-refractivity contribution in [2.75, 3.05) is 6.54 Å². The van der Waals surface area contributed by atoms with Crippen molar-refractivity contribution in [2.24, 2.45) is 0 Å². The Kier molecular flexibility index (Phi) is 5.37. The van der Waals surface area contributed by atoms with Crippen molar-refractivity contribution < 1.29 is 5.11 Å². The van der Waals surface area contributed by atoms with Crippen LogP contribution in [0.2, 0.25) is 0 Å². The fourth-order valence-corrected chi connectivity index (χ4v) is 1.65. The Morgan fingerprint density at radius 2 is 1.93 bits per heavy atom. The van der Waals surface area contributed by atoms with Gasteiger partial charge in [-0.3, -0.25) is 0 Å². The molecule has 1 aromatic rings. The minimum Gasteiger partial charge on any atom is -0.393 e. The maximum absolute atomic E-state index is 9.17. The summed E-state index contributed by atoms with van der Waals surface area (Å²) >= 11 is 0. The lowest BCUT2D eigenvalue weighted by Gasteiger charge is -2.17. The first-order chi connectivity index (χ1) is 7.24. The van der Waals surface area contributed by atoms with Crippen LogP contribution in [0.4, 0.5) is 0 Å². The molecule has 2 atom stereocenters. The molecule has 2 N–H and O–H groups in total. The molecule has 1 aromatic carbocycles. The second kappa shape index (κ2) is 6.59. The van der Waals surface area contributed by atoms with Crippen molar-refractivity contribution in [3.05, 3.63) is 35.9 Å². The van der Waals surface area contributed by atoms with Crippen LogP contribution in [0.1, 0.15) is 38.3 Å². The number of hydrogen-bond donors (Lipinski definition) is 2. The van der Waals surface area contributed by atoms with E-state index in [9.17, 15) is 0 Å². The van der Waals surface area contributed by atoms with Crippen molar-refractivity contribution in [1.29, 1.82) is 0 Å². The Balaban J connectivity index is 2.43. The average molecular weight is 207 g/mol. The fourth-order valence-electron chi connectivity index (χ4n) is 1.65. The van der Waals surface area contributed by atoms with Gasteiger partial charge >= 0.3 is 0 Å². The molecule has 0 bridgehead atoms. The van der Waals surface area contributed by atoms with E-state index in [1.54, 1.807) is 0 Å². The molecule has 0 radical (unpaired) electrons. The van der Waals surface area contributed by atoms with Gasteiger partial charge in [0.15, 0.2) is 0 Å².